The Morgan fingerprint density at radius 2 is 1.95 bits per heavy atom. The summed E-state index contributed by atoms with van der Waals surface area (Å²) in [4.78, 5) is 15.0. The zero-order chi connectivity index (χ0) is 14.4. The average Bonchev–Trinajstić information content (AvgIpc) is 2.82. The molecule has 0 unspecified atom stereocenters. The number of aromatic nitrogens is 4. The molecule has 0 bridgehead atoms. The van der Waals surface area contributed by atoms with E-state index >= 15 is 0 Å². The monoisotopic (exact) mass is 299 g/mol. The highest BCUT2D eigenvalue weighted by atomic mass is 35.5. The minimum absolute atomic E-state index is 0.399. The number of aryl methyl sites for hydroxylation is 1. The third-order valence-corrected chi connectivity index (χ3v) is 4.19. The van der Waals surface area contributed by atoms with Crippen LogP contribution in [0.2, 0.25) is 5.15 Å². The molecule has 5 nitrogen and oxygen atoms in total. The Morgan fingerprint density at radius 1 is 1.14 bits per heavy atom. The van der Waals surface area contributed by atoms with E-state index in [4.69, 9.17) is 11.6 Å². The van der Waals surface area contributed by atoms with Crippen molar-refractivity contribution in [1.82, 2.24) is 19.5 Å². The Kier molecular flexibility index (Phi) is 2.82. The number of imidazole rings is 1. The van der Waals surface area contributed by atoms with Gasteiger partial charge in [-0.15, -0.1) is 0 Å². The van der Waals surface area contributed by atoms with Crippen molar-refractivity contribution in [3.63, 3.8) is 0 Å². The van der Waals surface area contributed by atoms with E-state index in [9.17, 15) is 0 Å². The summed E-state index contributed by atoms with van der Waals surface area (Å²) in [5, 5.41) is 0.460. The molecule has 0 aliphatic carbocycles. The molecule has 1 saturated heterocycles. The van der Waals surface area contributed by atoms with Crippen molar-refractivity contribution in [2.45, 2.75) is 13.0 Å². The fraction of sp³-hybridized carbons (Fsp3) is 0.267. The number of nitrogens with zero attached hydrogens (tertiary/aromatic N) is 5. The van der Waals surface area contributed by atoms with Gasteiger partial charge in [0, 0.05) is 25.5 Å². The molecule has 106 valence electrons. The molecule has 2 aromatic heterocycles. The van der Waals surface area contributed by atoms with E-state index in [0.29, 0.717) is 11.2 Å². The smallest absolute Gasteiger partial charge is 0.171 e. The van der Waals surface area contributed by atoms with Crippen LogP contribution < -0.4 is 4.90 Å². The van der Waals surface area contributed by atoms with Gasteiger partial charge in [-0.3, -0.25) is 0 Å². The maximum atomic E-state index is 6.08. The standard InChI is InChI=1S/C15H14ClN5/c1-10-2-3-13-12(6-10)19-9-21(13)11-7-20(8-11)15-14(16)17-4-5-18-15/h2-6,9,11H,7-8H2,1H3. The quantitative estimate of drug-likeness (QED) is 0.730. The molecule has 0 N–H and O–H groups in total. The van der Waals surface area contributed by atoms with Crippen LogP contribution >= 0.6 is 11.6 Å². The number of hydrogen-bond acceptors (Lipinski definition) is 4. The molecule has 1 aromatic carbocycles. The fourth-order valence-corrected chi connectivity index (χ4v) is 2.99. The molecule has 0 spiro atoms. The van der Waals surface area contributed by atoms with Crippen LogP contribution in [-0.2, 0) is 0 Å². The minimum Gasteiger partial charge on any atom is -0.350 e. The molecule has 1 fully saturated rings. The number of benzene rings is 1. The summed E-state index contributed by atoms with van der Waals surface area (Å²) in [5.74, 6) is 0.760. The van der Waals surface area contributed by atoms with Gasteiger partial charge in [0.15, 0.2) is 11.0 Å². The third-order valence-electron chi connectivity index (χ3n) is 3.92. The fourth-order valence-electron chi connectivity index (χ4n) is 2.76. The average molecular weight is 300 g/mol. The van der Waals surface area contributed by atoms with Crippen LogP contribution in [0.1, 0.15) is 11.6 Å². The van der Waals surface area contributed by atoms with Crippen LogP contribution in [0.5, 0.6) is 0 Å². The lowest BCUT2D eigenvalue weighted by molar-refractivity contribution is 0.405. The van der Waals surface area contributed by atoms with Crippen LogP contribution in [0.3, 0.4) is 0 Å². The second-order valence-electron chi connectivity index (χ2n) is 5.37. The largest absolute Gasteiger partial charge is 0.350 e. The first kappa shape index (κ1) is 12.6. The second kappa shape index (κ2) is 4.70. The molecule has 21 heavy (non-hydrogen) atoms. The van der Waals surface area contributed by atoms with E-state index < -0.39 is 0 Å². The van der Waals surface area contributed by atoms with Gasteiger partial charge in [0.25, 0.3) is 0 Å². The van der Waals surface area contributed by atoms with Crippen LogP contribution in [0, 0.1) is 6.92 Å². The Balaban J connectivity index is 1.58. The Labute approximate surface area is 127 Å². The van der Waals surface area contributed by atoms with E-state index in [2.05, 4.69) is 49.5 Å². The molecule has 1 aliphatic rings. The number of rotatable bonds is 2. The summed E-state index contributed by atoms with van der Waals surface area (Å²) in [6.45, 7) is 3.83. The number of anilines is 1. The number of halogens is 1. The van der Waals surface area contributed by atoms with Gasteiger partial charge in [0.05, 0.1) is 23.4 Å². The van der Waals surface area contributed by atoms with E-state index in [-0.39, 0.29) is 0 Å². The Hall–Kier alpha value is -2.14. The van der Waals surface area contributed by atoms with Crippen LogP contribution in [0.4, 0.5) is 5.82 Å². The van der Waals surface area contributed by atoms with Crippen LogP contribution in [-0.4, -0.2) is 32.6 Å². The molecule has 6 heteroatoms. The molecule has 0 amide bonds. The molecule has 1 aliphatic heterocycles. The van der Waals surface area contributed by atoms with Gasteiger partial charge < -0.3 is 9.47 Å². The molecule has 0 saturated carbocycles. The number of fused-ring (bicyclic) bond motifs is 1. The predicted octanol–water partition coefficient (Wildman–Crippen LogP) is 2.85. The van der Waals surface area contributed by atoms with Gasteiger partial charge in [0.2, 0.25) is 0 Å². The summed E-state index contributed by atoms with van der Waals surface area (Å²) in [6.07, 6.45) is 5.20. The summed E-state index contributed by atoms with van der Waals surface area (Å²) in [6, 6.07) is 6.77. The van der Waals surface area contributed by atoms with Gasteiger partial charge in [0.1, 0.15) is 0 Å². The van der Waals surface area contributed by atoms with E-state index in [1.807, 2.05) is 6.33 Å². The van der Waals surface area contributed by atoms with Crippen LogP contribution in [0.25, 0.3) is 11.0 Å². The van der Waals surface area contributed by atoms with Crippen molar-refractivity contribution in [3.05, 3.63) is 47.6 Å². The van der Waals surface area contributed by atoms with E-state index in [0.717, 1.165) is 24.4 Å². The zero-order valence-electron chi connectivity index (χ0n) is 11.6. The highest BCUT2D eigenvalue weighted by Crippen LogP contribution is 2.31. The summed E-state index contributed by atoms with van der Waals surface area (Å²) >= 11 is 6.08. The molecule has 4 rings (SSSR count). The van der Waals surface area contributed by atoms with Gasteiger partial charge in [-0.2, -0.15) is 0 Å². The molecule has 0 atom stereocenters. The molecule has 3 heterocycles. The second-order valence-corrected chi connectivity index (χ2v) is 5.73. The lowest BCUT2D eigenvalue weighted by atomic mass is 10.1. The minimum atomic E-state index is 0.399. The molecule has 0 radical (unpaired) electrons. The first-order valence-corrected chi connectivity index (χ1v) is 7.25. The lowest BCUT2D eigenvalue weighted by Crippen LogP contribution is -2.48. The van der Waals surface area contributed by atoms with Crippen molar-refractivity contribution in [2.24, 2.45) is 0 Å². The van der Waals surface area contributed by atoms with Gasteiger partial charge in [-0.05, 0) is 24.6 Å². The third kappa shape index (κ3) is 2.05. The van der Waals surface area contributed by atoms with E-state index in [1.54, 1.807) is 12.4 Å². The Bertz CT molecular complexity index is 807. The molecular formula is C15H14ClN5. The first-order chi connectivity index (χ1) is 10.2. The zero-order valence-corrected chi connectivity index (χ0v) is 12.3. The van der Waals surface area contributed by atoms with Crippen molar-refractivity contribution in [3.8, 4) is 0 Å². The summed E-state index contributed by atoms with van der Waals surface area (Å²) in [5.41, 5.74) is 3.45. The highest BCUT2D eigenvalue weighted by Gasteiger charge is 2.31. The van der Waals surface area contributed by atoms with Gasteiger partial charge >= 0.3 is 0 Å². The topological polar surface area (TPSA) is 46.8 Å². The first-order valence-electron chi connectivity index (χ1n) is 6.87. The maximum Gasteiger partial charge on any atom is 0.171 e. The lowest BCUT2D eigenvalue weighted by Gasteiger charge is -2.40. The normalized spacial score (nSPS) is 15.4. The van der Waals surface area contributed by atoms with Gasteiger partial charge in [-0.25, -0.2) is 15.0 Å². The SMILES string of the molecule is Cc1ccc2c(c1)ncn2C1CN(c2nccnc2Cl)C1. The van der Waals surface area contributed by atoms with Crippen molar-refractivity contribution in [2.75, 3.05) is 18.0 Å². The summed E-state index contributed by atoms with van der Waals surface area (Å²) in [7, 11) is 0. The predicted molar refractivity (Wildman–Crippen MR) is 82.8 cm³/mol. The van der Waals surface area contributed by atoms with E-state index in [1.165, 1.54) is 11.1 Å². The Morgan fingerprint density at radius 3 is 2.76 bits per heavy atom. The van der Waals surface area contributed by atoms with Crippen molar-refractivity contribution >= 4 is 28.5 Å². The number of hydrogen-bond donors (Lipinski definition) is 0. The van der Waals surface area contributed by atoms with Crippen molar-refractivity contribution in [1.29, 1.82) is 0 Å². The summed E-state index contributed by atoms with van der Waals surface area (Å²) < 4.78 is 2.23. The van der Waals surface area contributed by atoms with Crippen LogP contribution in [0.15, 0.2) is 36.9 Å². The maximum absolute atomic E-state index is 6.08. The van der Waals surface area contributed by atoms with Gasteiger partial charge in [-0.1, -0.05) is 17.7 Å². The van der Waals surface area contributed by atoms with Crippen molar-refractivity contribution < 1.29 is 0 Å². The molecular weight excluding hydrogens is 286 g/mol. The molecule has 3 aromatic rings. The highest BCUT2D eigenvalue weighted by molar-refractivity contribution is 6.31.